The van der Waals surface area contributed by atoms with E-state index in [0.717, 1.165) is 12.7 Å². The molecule has 220 valence electrons. The van der Waals surface area contributed by atoms with Gasteiger partial charge in [-0.2, -0.15) is 0 Å². The number of carbonyl (C=O) groups is 4. The van der Waals surface area contributed by atoms with E-state index in [1.807, 2.05) is 13.0 Å². The summed E-state index contributed by atoms with van der Waals surface area (Å²) in [5.41, 5.74) is -6.61. The zero-order valence-corrected chi connectivity index (χ0v) is 24.2. The molecular formula is C31H36O10. The number of hydrogen-bond donors (Lipinski definition) is 2. The summed E-state index contributed by atoms with van der Waals surface area (Å²) in [6, 6.07) is 1.81. The minimum atomic E-state index is -2.01. The number of hydrogen-bond acceptors (Lipinski definition) is 10. The summed E-state index contributed by atoms with van der Waals surface area (Å²) in [4.78, 5) is 54.1. The van der Waals surface area contributed by atoms with Crippen LogP contribution in [0.25, 0.3) is 0 Å². The van der Waals surface area contributed by atoms with E-state index in [1.54, 1.807) is 40.2 Å². The first-order valence-corrected chi connectivity index (χ1v) is 14.0. The van der Waals surface area contributed by atoms with Crippen LogP contribution >= 0.6 is 0 Å². The number of esters is 2. The van der Waals surface area contributed by atoms with Gasteiger partial charge in [0.2, 0.25) is 5.78 Å². The van der Waals surface area contributed by atoms with Crippen LogP contribution < -0.4 is 0 Å². The van der Waals surface area contributed by atoms with Crippen LogP contribution in [0.3, 0.4) is 0 Å². The van der Waals surface area contributed by atoms with Crippen LogP contribution in [0, 0.1) is 33.5 Å². The van der Waals surface area contributed by atoms with Crippen molar-refractivity contribution in [3.63, 3.8) is 0 Å². The van der Waals surface area contributed by atoms with Crippen molar-refractivity contribution in [1.29, 1.82) is 0 Å². The Labute approximate surface area is 237 Å². The molecule has 1 unspecified atom stereocenters. The first-order chi connectivity index (χ1) is 19.1. The summed E-state index contributed by atoms with van der Waals surface area (Å²) in [6.45, 7) is 9.93. The van der Waals surface area contributed by atoms with Gasteiger partial charge in [-0.05, 0) is 38.0 Å². The Morgan fingerprint density at radius 2 is 1.83 bits per heavy atom. The number of epoxide rings is 1. The van der Waals surface area contributed by atoms with Gasteiger partial charge in [0.25, 0.3) is 0 Å². The van der Waals surface area contributed by atoms with E-state index < -0.39 is 86.7 Å². The molecule has 0 aromatic carbocycles. The second-order valence-corrected chi connectivity index (χ2v) is 13.3. The number of Topliss-reactive ketones (excluding diaryl/α,β-unsaturated/α-hetero) is 1. The number of allylic oxidation sites excluding steroid dienone is 3. The lowest BCUT2D eigenvalue weighted by Crippen LogP contribution is -2.75. The molecule has 0 radical (unpaired) electrons. The van der Waals surface area contributed by atoms with E-state index in [1.165, 1.54) is 19.1 Å². The van der Waals surface area contributed by atoms with E-state index >= 15 is 0 Å². The van der Waals surface area contributed by atoms with Gasteiger partial charge in [-0.15, -0.1) is 0 Å². The van der Waals surface area contributed by atoms with Gasteiger partial charge < -0.3 is 28.8 Å². The Bertz CT molecular complexity index is 1440. The zero-order valence-electron chi connectivity index (χ0n) is 24.2. The van der Waals surface area contributed by atoms with Crippen molar-refractivity contribution in [2.75, 3.05) is 7.11 Å². The molecule has 1 aromatic rings. The minimum Gasteiger partial charge on any atom is -0.504 e. The maximum absolute atomic E-state index is 14.6. The van der Waals surface area contributed by atoms with Crippen LogP contribution in [0.2, 0.25) is 0 Å². The highest BCUT2D eigenvalue weighted by molar-refractivity contribution is 6.15. The number of ether oxygens (including phenoxy) is 3. The summed E-state index contributed by atoms with van der Waals surface area (Å²) in [6.07, 6.45) is 3.35. The molecule has 1 saturated heterocycles. The highest BCUT2D eigenvalue weighted by Gasteiger charge is 2.91. The number of rotatable bonds is 4. The summed E-state index contributed by atoms with van der Waals surface area (Å²) in [5.74, 6) is -5.42. The highest BCUT2D eigenvalue weighted by Crippen LogP contribution is 2.81. The lowest BCUT2D eigenvalue weighted by molar-refractivity contribution is -0.242. The molecular weight excluding hydrogens is 532 g/mol. The molecule has 6 rings (SSSR count). The summed E-state index contributed by atoms with van der Waals surface area (Å²) in [5, 5.41) is 24.1. The normalized spacial score (nSPS) is 46.0. The largest absolute Gasteiger partial charge is 0.504 e. The van der Waals surface area contributed by atoms with Crippen LogP contribution in [0.15, 0.2) is 46.5 Å². The van der Waals surface area contributed by atoms with E-state index in [-0.39, 0.29) is 11.5 Å². The molecule has 4 aliphatic carbocycles. The van der Waals surface area contributed by atoms with Gasteiger partial charge in [0, 0.05) is 28.2 Å². The molecule has 10 atom stereocenters. The van der Waals surface area contributed by atoms with Crippen molar-refractivity contribution in [3.8, 4) is 0 Å². The smallest absolute Gasteiger partial charge is 0.323 e. The average molecular weight is 569 g/mol. The van der Waals surface area contributed by atoms with Crippen molar-refractivity contribution in [3.05, 3.63) is 47.6 Å². The molecule has 10 heteroatoms. The number of furan rings is 1. The Hall–Kier alpha value is -3.24. The second kappa shape index (κ2) is 8.19. The molecule has 0 bridgehead atoms. The predicted molar refractivity (Wildman–Crippen MR) is 141 cm³/mol. The van der Waals surface area contributed by atoms with E-state index in [2.05, 4.69) is 0 Å². The Balaban J connectivity index is 1.64. The fourth-order valence-electron chi connectivity index (χ4n) is 9.48. The van der Waals surface area contributed by atoms with Gasteiger partial charge in [0.1, 0.15) is 11.7 Å². The third-order valence-corrected chi connectivity index (χ3v) is 11.3. The number of methoxy groups -OCH3 is 1. The Kier molecular flexibility index (Phi) is 5.57. The van der Waals surface area contributed by atoms with Crippen molar-refractivity contribution in [1.82, 2.24) is 0 Å². The molecule has 1 spiro atoms. The maximum atomic E-state index is 14.6. The van der Waals surface area contributed by atoms with E-state index in [9.17, 15) is 29.4 Å². The maximum Gasteiger partial charge on any atom is 0.323 e. The minimum absolute atomic E-state index is 0.133. The molecule has 10 nitrogen and oxygen atoms in total. The number of aliphatic hydroxyl groups is 2. The quantitative estimate of drug-likeness (QED) is 0.315. The zero-order chi connectivity index (χ0) is 30.1. The Morgan fingerprint density at radius 1 is 1.15 bits per heavy atom. The standard InChI is InChI=1S/C31H36O10/c1-14(2)25(36)40-24-20(34)22-27(3)10-8-17(32)28(4,26(37)38-7)21(27)19(33)23(35)30(22,6)31-18(41-31)12-16(29(24,31)5)15-9-11-39-13-15/h8-11,13-14,16,18,20,22,24,33-34H,12H2,1-7H3/t16-,18+,20+,22?,24-,27-,28-,29+,30-,31+/m0/s1. The molecule has 41 heavy (non-hydrogen) atoms. The molecule has 2 heterocycles. The molecule has 1 aliphatic heterocycles. The third-order valence-electron chi connectivity index (χ3n) is 11.3. The lowest BCUT2D eigenvalue weighted by atomic mass is 9.38. The lowest BCUT2D eigenvalue weighted by Gasteiger charge is -2.65. The summed E-state index contributed by atoms with van der Waals surface area (Å²) in [7, 11) is 1.13. The molecule has 1 aromatic heterocycles. The summed E-state index contributed by atoms with van der Waals surface area (Å²) >= 11 is 0. The van der Waals surface area contributed by atoms with Crippen LogP contribution in [0.1, 0.15) is 59.4 Å². The van der Waals surface area contributed by atoms with Crippen LogP contribution in [-0.2, 0) is 33.4 Å². The fourth-order valence-corrected chi connectivity index (χ4v) is 9.48. The van der Waals surface area contributed by atoms with Gasteiger partial charge >= 0.3 is 11.9 Å². The van der Waals surface area contributed by atoms with E-state index in [0.29, 0.717) is 6.42 Å². The summed E-state index contributed by atoms with van der Waals surface area (Å²) < 4.78 is 23.0. The fraction of sp³-hybridized carbons (Fsp3) is 0.613. The van der Waals surface area contributed by atoms with E-state index in [4.69, 9.17) is 18.6 Å². The predicted octanol–water partition coefficient (Wildman–Crippen LogP) is 3.19. The highest BCUT2D eigenvalue weighted by atomic mass is 16.6. The molecule has 0 amide bonds. The van der Waals surface area contributed by atoms with Crippen LogP contribution in [-0.4, -0.2) is 64.7 Å². The molecule has 2 N–H and O–H groups in total. The van der Waals surface area contributed by atoms with Crippen molar-refractivity contribution in [2.45, 2.75) is 77.8 Å². The average Bonchev–Trinajstić information content (AvgIpc) is 3.28. The van der Waals surface area contributed by atoms with Gasteiger partial charge in [-0.3, -0.25) is 19.2 Å². The Morgan fingerprint density at radius 3 is 2.41 bits per heavy atom. The van der Waals surface area contributed by atoms with Gasteiger partial charge in [0.05, 0.1) is 43.2 Å². The van der Waals surface area contributed by atoms with Crippen molar-refractivity contribution < 1.29 is 48.0 Å². The first-order valence-electron chi connectivity index (χ1n) is 14.0. The van der Waals surface area contributed by atoms with Crippen LogP contribution in [0.5, 0.6) is 0 Å². The van der Waals surface area contributed by atoms with Crippen molar-refractivity contribution in [2.24, 2.45) is 33.5 Å². The molecule has 2 saturated carbocycles. The third kappa shape index (κ3) is 2.85. The van der Waals surface area contributed by atoms with Gasteiger partial charge in [0.15, 0.2) is 17.0 Å². The second-order valence-electron chi connectivity index (χ2n) is 13.3. The molecule has 3 fully saturated rings. The number of ketones is 2. The number of fused-ring (bicyclic) bond motifs is 3. The van der Waals surface area contributed by atoms with Gasteiger partial charge in [-0.25, -0.2) is 0 Å². The first kappa shape index (κ1) is 27.9. The van der Waals surface area contributed by atoms with Crippen LogP contribution in [0.4, 0.5) is 0 Å². The molecule has 5 aliphatic rings. The van der Waals surface area contributed by atoms with Crippen molar-refractivity contribution >= 4 is 23.5 Å². The topological polar surface area (TPSA) is 153 Å². The SMILES string of the molecule is COC(=O)[C@@]1(C)C(=O)C=C[C@@]2(C)C1=C(O)C(=O)[C@]1(C)C2[C@@H](O)[C@H](OC(=O)C(C)C)[C@@]2(C)[C@H](c3ccoc3)C[C@H]3O[C@]321. The van der Waals surface area contributed by atoms with Gasteiger partial charge in [-0.1, -0.05) is 33.8 Å². The number of aliphatic hydroxyl groups excluding tert-OH is 2. The monoisotopic (exact) mass is 568 g/mol. The number of carbonyl (C=O) groups excluding carboxylic acids is 4.